The van der Waals surface area contributed by atoms with Crippen molar-refractivity contribution in [1.82, 2.24) is 19.8 Å². The number of hydrogen-bond acceptors (Lipinski definition) is 5. The average molecular weight is 397 g/mol. The minimum Gasteiger partial charge on any atom is -0.366 e. The molecule has 1 atom stereocenters. The number of pyridine rings is 2. The lowest BCUT2D eigenvalue weighted by Crippen LogP contribution is -2.40. The quantitative estimate of drug-likeness (QED) is 0.809. The van der Waals surface area contributed by atoms with E-state index in [4.69, 9.17) is 0 Å². The molecule has 4 rings (SSSR count). The van der Waals surface area contributed by atoms with Crippen LogP contribution >= 0.6 is 0 Å². The van der Waals surface area contributed by atoms with Crippen LogP contribution in [0.25, 0.3) is 0 Å². The molecule has 2 amide bonds. The van der Waals surface area contributed by atoms with E-state index in [0.717, 1.165) is 25.5 Å². The van der Waals surface area contributed by atoms with Crippen molar-refractivity contribution in [3.05, 3.63) is 53.7 Å². The van der Waals surface area contributed by atoms with Gasteiger partial charge in [-0.2, -0.15) is 0 Å². The van der Waals surface area contributed by atoms with Crippen LogP contribution in [0.2, 0.25) is 0 Å². The normalized spacial score (nSPS) is 18.6. The van der Waals surface area contributed by atoms with Crippen molar-refractivity contribution < 1.29 is 14.0 Å². The molecule has 2 aliphatic rings. The van der Waals surface area contributed by atoms with Gasteiger partial charge in [-0.05, 0) is 43.0 Å². The Kier molecular flexibility index (Phi) is 5.42. The van der Waals surface area contributed by atoms with Crippen molar-refractivity contribution in [3.8, 4) is 0 Å². The minimum atomic E-state index is -0.383. The van der Waals surface area contributed by atoms with Gasteiger partial charge in [-0.25, -0.2) is 9.37 Å². The third-order valence-electron chi connectivity index (χ3n) is 5.52. The van der Waals surface area contributed by atoms with Crippen molar-refractivity contribution in [2.45, 2.75) is 31.8 Å². The zero-order valence-electron chi connectivity index (χ0n) is 16.3. The molecule has 2 aromatic rings. The van der Waals surface area contributed by atoms with Gasteiger partial charge in [-0.1, -0.05) is 0 Å². The van der Waals surface area contributed by atoms with Crippen molar-refractivity contribution >= 4 is 17.6 Å². The molecular formula is C21H24FN5O2. The summed E-state index contributed by atoms with van der Waals surface area (Å²) in [6, 6.07) is 4.96. The summed E-state index contributed by atoms with van der Waals surface area (Å²) in [5.41, 5.74) is 1.22. The number of anilines is 1. The van der Waals surface area contributed by atoms with E-state index in [0.29, 0.717) is 36.6 Å². The van der Waals surface area contributed by atoms with Crippen molar-refractivity contribution in [2.75, 3.05) is 25.5 Å². The first kappa shape index (κ1) is 19.3. The smallest absolute Gasteiger partial charge is 0.255 e. The Morgan fingerprint density at radius 3 is 2.76 bits per heavy atom. The summed E-state index contributed by atoms with van der Waals surface area (Å²) in [5, 5.41) is 3.09. The highest BCUT2D eigenvalue weighted by molar-refractivity contribution is 5.94. The lowest BCUT2D eigenvalue weighted by Gasteiger charge is -2.25. The summed E-state index contributed by atoms with van der Waals surface area (Å²) in [7, 11) is 1.84. The van der Waals surface area contributed by atoms with E-state index < -0.39 is 0 Å². The summed E-state index contributed by atoms with van der Waals surface area (Å²) >= 11 is 0. The van der Waals surface area contributed by atoms with Gasteiger partial charge in [0.1, 0.15) is 11.6 Å². The average Bonchev–Trinajstić information content (AvgIpc) is 3.47. The molecule has 1 aliphatic heterocycles. The fraction of sp³-hybridized carbons (Fsp3) is 0.429. The molecule has 29 heavy (non-hydrogen) atoms. The molecule has 0 aromatic carbocycles. The minimum absolute atomic E-state index is 0.0758. The number of carbonyl (C=O) groups excluding carboxylic acids is 2. The van der Waals surface area contributed by atoms with Gasteiger partial charge in [0.05, 0.1) is 17.8 Å². The maximum Gasteiger partial charge on any atom is 0.255 e. The Hall–Kier alpha value is -3.03. The van der Waals surface area contributed by atoms with Crippen LogP contribution in [0.1, 0.15) is 35.2 Å². The highest BCUT2D eigenvalue weighted by Crippen LogP contribution is 2.32. The summed E-state index contributed by atoms with van der Waals surface area (Å²) in [4.78, 5) is 36.7. The number of hydrogen-bond donors (Lipinski definition) is 1. The van der Waals surface area contributed by atoms with Crippen LogP contribution in [0.3, 0.4) is 0 Å². The van der Waals surface area contributed by atoms with Gasteiger partial charge in [0.2, 0.25) is 5.91 Å². The topological polar surface area (TPSA) is 78.4 Å². The van der Waals surface area contributed by atoms with Crippen LogP contribution in [-0.2, 0) is 11.3 Å². The monoisotopic (exact) mass is 397 g/mol. The highest BCUT2D eigenvalue weighted by atomic mass is 19.1. The Balaban J connectivity index is 1.31. The first-order chi connectivity index (χ1) is 14.0. The van der Waals surface area contributed by atoms with Gasteiger partial charge in [-0.15, -0.1) is 0 Å². The zero-order chi connectivity index (χ0) is 20.4. The molecule has 3 heterocycles. The lowest BCUT2D eigenvalue weighted by molar-refractivity contribution is -0.133. The number of nitrogens with one attached hydrogen (secondary N) is 1. The molecule has 152 valence electrons. The number of likely N-dealkylation sites (N-methyl/N-ethyl adjacent to an activating group) is 1. The number of nitrogens with zero attached hydrogens (tertiary/aromatic N) is 4. The molecule has 1 saturated heterocycles. The third kappa shape index (κ3) is 4.52. The second-order valence-corrected chi connectivity index (χ2v) is 7.71. The van der Waals surface area contributed by atoms with Crippen LogP contribution < -0.4 is 5.32 Å². The predicted octanol–water partition coefficient (Wildman–Crippen LogP) is 2.31. The fourth-order valence-corrected chi connectivity index (χ4v) is 3.59. The van der Waals surface area contributed by atoms with E-state index >= 15 is 0 Å². The number of aromatic nitrogens is 2. The third-order valence-corrected chi connectivity index (χ3v) is 5.52. The van der Waals surface area contributed by atoms with Crippen LogP contribution in [0.5, 0.6) is 0 Å². The Labute approximate surface area is 168 Å². The first-order valence-electron chi connectivity index (χ1n) is 9.86. The maximum absolute atomic E-state index is 13.2. The van der Waals surface area contributed by atoms with Gasteiger partial charge < -0.3 is 15.1 Å². The SMILES string of the molecule is CN(C(=O)C1CC1)[C@H]1CCN(C(=O)c2ccc(NCc3cncc(F)c3)nc2)C1. The lowest BCUT2D eigenvalue weighted by atomic mass is 10.2. The van der Waals surface area contributed by atoms with Crippen LogP contribution in [0, 0.1) is 11.7 Å². The number of carbonyl (C=O) groups is 2. The Morgan fingerprint density at radius 1 is 1.24 bits per heavy atom. The molecule has 0 unspecified atom stereocenters. The first-order valence-corrected chi connectivity index (χ1v) is 9.86. The molecule has 1 saturated carbocycles. The number of halogens is 1. The van der Waals surface area contributed by atoms with E-state index in [1.807, 2.05) is 11.9 Å². The molecule has 1 aliphatic carbocycles. The molecule has 0 radical (unpaired) electrons. The van der Waals surface area contributed by atoms with Gasteiger partial charge >= 0.3 is 0 Å². The van der Waals surface area contributed by atoms with E-state index in [9.17, 15) is 14.0 Å². The second-order valence-electron chi connectivity index (χ2n) is 7.71. The van der Waals surface area contributed by atoms with E-state index in [1.165, 1.54) is 6.07 Å². The molecule has 0 bridgehead atoms. The number of rotatable bonds is 6. The second kappa shape index (κ2) is 8.14. The van der Waals surface area contributed by atoms with Crippen molar-refractivity contribution in [1.29, 1.82) is 0 Å². The van der Waals surface area contributed by atoms with Gasteiger partial charge in [0.15, 0.2) is 0 Å². The zero-order valence-corrected chi connectivity index (χ0v) is 16.3. The Bertz CT molecular complexity index is 900. The molecule has 2 fully saturated rings. The van der Waals surface area contributed by atoms with Gasteiger partial charge in [-0.3, -0.25) is 14.6 Å². The summed E-state index contributed by atoms with van der Waals surface area (Å²) in [6.45, 7) is 1.58. The van der Waals surface area contributed by atoms with Gasteiger partial charge in [0, 0.05) is 45.0 Å². The van der Waals surface area contributed by atoms with Crippen molar-refractivity contribution in [3.63, 3.8) is 0 Å². The predicted molar refractivity (Wildman–Crippen MR) is 106 cm³/mol. The summed E-state index contributed by atoms with van der Waals surface area (Å²) in [5.74, 6) is 0.534. The van der Waals surface area contributed by atoms with Crippen LogP contribution in [0.4, 0.5) is 10.2 Å². The molecule has 0 spiro atoms. The Morgan fingerprint density at radius 2 is 2.07 bits per heavy atom. The molecule has 2 aromatic heterocycles. The van der Waals surface area contributed by atoms with E-state index in [-0.39, 0.29) is 29.6 Å². The largest absolute Gasteiger partial charge is 0.366 e. The van der Waals surface area contributed by atoms with Crippen molar-refractivity contribution in [2.24, 2.45) is 5.92 Å². The highest BCUT2D eigenvalue weighted by Gasteiger charge is 2.37. The summed E-state index contributed by atoms with van der Waals surface area (Å²) < 4.78 is 13.2. The molecular weight excluding hydrogens is 373 g/mol. The van der Waals surface area contributed by atoms with E-state index in [2.05, 4.69) is 15.3 Å². The fourth-order valence-electron chi connectivity index (χ4n) is 3.59. The summed E-state index contributed by atoms with van der Waals surface area (Å²) in [6.07, 6.45) is 7.06. The molecule has 1 N–H and O–H groups in total. The standard InChI is InChI=1S/C21H24FN5O2/c1-26(20(28)15-2-3-15)18-6-7-27(13-18)21(29)16-4-5-19(25-11-16)24-10-14-8-17(22)12-23-9-14/h4-5,8-9,11-12,15,18H,2-3,6-7,10,13H2,1H3,(H,24,25)/t18-/m0/s1. The van der Waals surface area contributed by atoms with Gasteiger partial charge in [0.25, 0.3) is 5.91 Å². The van der Waals surface area contributed by atoms with Crippen LogP contribution in [-0.4, -0.2) is 57.8 Å². The van der Waals surface area contributed by atoms with E-state index in [1.54, 1.807) is 29.4 Å². The number of amides is 2. The van der Waals surface area contributed by atoms with Crippen LogP contribution in [0.15, 0.2) is 36.8 Å². The maximum atomic E-state index is 13.2. The molecule has 7 nitrogen and oxygen atoms in total. The molecule has 8 heteroatoms. The number of likely N-dealkylation sites (tertiary alicyclic amines) is 1.